The van der Waals surface area contributed by atoms with Crippen LogP contribution in [0.1, 0.15) is 10.4 Å². The molecule has 0 atom stereocenters. The van der Waals surface area contributed by atoms with Crippen molar-refractivity contribution in [3.8, 4) is 6.07 Å². The van der Waals surface area contributed by atoms with E-state index in [9.17, 15) is 10.1 Å². The zero-order valence-electron chi connectivity index (χ0n) is 13.5. The third-order valence-electron chi connectivity index (χ3n) is 3.75. The summed E-state index contributed by atoms with van der Waals surface area (Å²) in [4.78, 5) is 19.5. The first-order valence-corrected chi connectivity index (χ1v) is 8.87. The zero-order chi connectivity index (χ0) is 17.8. The number of aryl methyl sites for hydroxylation is 1. The van der Waals surface area contributed by atoms with Crippen molar-refractivity contribution in [1.29, 1.82) is 5.26 Å². The number of nitriles is 1. The van der Waals surface area contributed by atoms with Gasteiger partial charge < -0.3 is 15.5 Å². The maximum absolute atomic E-state index is 12.5. The van der Waals surface area contributed by atoms with E-state index in [1.165, 1.54) is 11.3 Å². The van der Waals surface area contributed by atoms with Crippen LogP contribution >= 0.6 is 22.9 Å². The number of carbonyl (C=O) groups excluding carboxylic acids is 1. The van der Waals surface area contributed by atoms with Crippen molar-refractivity contribution >= 4 is 34.5 Å². The Balaban J connectivity index is 1.79. The molecule has 2 heterocycles. The molecule has 0 radical (unpaired) electrons. The SMILES string of the molecule is Cc1ccc(NC(=O)/C(C#N)=C2/NCCN2Cc2cnc(Cl)s2)cc1. The molecule has 2 aromatic rings. The summed E-state index contributed by atoms with van der Waals surface area (Å²) in [6.07, 6.45) is 1.71. The number of anilines is 1. The molecule has 1 aliphatic rings. The van der Waals surface area contributed by atoms with Crippen LogP contribution in [0.15, 0.2) is 41.9 Å². The zero-order valence-corrected chi connectivity index (χ0v) is 15.1. The van der Waals surface area contributed by atoms with Gasteiger partial charge in [-0.25, -0.2) is 4.98 Å². The second-order valence-corrected chi connectivity index (χ2v) is 7.28. The number of thiazole rings is 1. The first-order valence-electron chi connectivity index (χ1n) is 7.68. The number of hydrogen-bond acceptors (Lipinski definition) is 6. The summed E-state index contributed by atoms with van der Waals surface area (Å²) >= 11 is 7.26. The lowest BCUT2D eigenvalue weighted by atomic mass is 10.2. The number of rotatable bonds is 4. The van der Waals surface area contributed by atoms with Gasteiger partial charge in [0.05, 0.1) is 6.54 Å². The minimum absolute atomic E-state index is 0.0636. The van der Waals surface area contributed by atoms with E-state index >= 15 is 0 Å². The first-order chi connectivity index (χ1) is 12.1. The van der Waals surface area contributed by atoms with Gasteiger partial charge in [-0.05, 0) is 19.1 Å². The lowest BCUT2D eigenvalue weighted by molar-refractivity contribution is -0.112. The lowest BCUT2D eigenvalue weighted by Crippen LogP contribution is -2.25. The van der Waals surface area contributed by atoms with E-state index in [1.807, 2.05) is 42.2 Å². The molecule has 1 aliphatic heterocycles. The number of aromatic nitrogens is 1. The molecule has 128 valence electrons. The Labute approximate surface area is 154 Å². The molecule has 8 heteroatoms. The maximum atomic E-state index is 12.5. The van der Waals surface area contributed by atoms with Crippen molar-refractivity contribution in [2.45, 2.75) is 13.5 Å². The quantitative estimate of drug-likeness (QED) is 0.636. The minimum atomic E-state index is -0.428. The van der Waals surface area contributed by atoms with Crippen molar-refractivity contribution in [1.82, 2.24) is 15.2 Å². The standard InChI is InChI=1S/C17H16ClN5OS/c1-11-2-4-12(5-3-11)22-16(24)14(8-19)15-20-6-7-23(15)10-13-9-21-17(18)25-13/h2-5,9,20H,6-7,10H2,1H3,(H,22,24)/b15-14-. The summed E-state index contributed by atoms with van der Waals surface area (Å²) in [6, 6.07) is 9.46. The second kappa shape index (κ2) is 7.55. The number of nitrogens with one attached hydrogen (secondary N) is 2. The molecule has 1 aromatic heterocycles. The predicted octanol–water partition coefficient (Wildman–Crippen LogP) is 2.88. The van der Waals surface area contributed by atoms with Gasteiger partial charge in [0.25, 0.3) is 5.91 Å². The number of hydrogen-bond donors (Lipinski definition) is 2. The summed E-state index contributed by atoms with van der Waals surface area (Å²) in [5, 5.41) is 15.4. The molecule has 1 fully saturated rings. The molecular formula is C17H16ClN5OS. The fourth-order valence-electron chi connectivity index (χ4n) is 2.52. The lowest BCUT2D eigenvalue weighted by Gasteiger charge is -2.19. The Kier molecular flexibility index (Phi) is 5.22. The molecule has 0 bridgehead atoms. The number of carbonyl (C=O) groups is 1. The Morgan fingerprint density at radius 1 is 1.48 bits per heavy atom. The van der Waals surface area contributed by atoms with Gasteiger partial charge in [0.2, 0.25) is 0 Å². The largest absolute Gasteiger partial charge is 0.369 e. The van der Waals surface area contributed by atoms with Crippen LogP contribution in [0.5, 0.6) is 0 Å². The Hall–Kier alpha value is -2.56. The molecule has 0 aliphatic carbocycles. The Bertz CT molecular complexity index is 853. The van der Waals surface area contributed by atoms with Gasteiger partial charge in [0, 0.05) is 29.9 Å². The van der Waals surface area contributed by atoms with Gasteiger partial charge in [-0.1, -0.05) is 29.3 Å². The van der Waals surface area contributed by atoms with E-state index in [-0.39, 0.29) is 5.57 Å². The van der Waals surface area contributed by atoms with Gasteiger partial charge in [-0.3, -0.25) is 4.79 Å². The molecule has 1 saturated heterocycles. The van der Waals surface area contributed by atoms with Gasteiger partial charge in [-0.15, -0.1) is 11.3 Å². The molecule has 6 nitrogen and oxygen atoms in total. The van der Waals surface area contributed by atoms with Crippen LogP contribution in [-0.4, -0.2) is 28.9 Å². The Morgan fingerprint density at radius 2 is 2.24 bits per heavy atom. The molecule has 0 saturated carbocycles. The first kappa shape index (κ1) is 17.3. The smallest absolute Gasteiger partial charge is 0.270 e. The minimum Gasteiger partial charge on any atom is -0.369 e. The van der Waals surface area contributed by atoms with Crippen molar-refractivity contribution in [2.24, 2.45) is 0 Å². The van der Waals surface area contributed by atoms with Crippen LogP contribution in [0.3, 0.4) is 0 Å². The number of benzene rings is 1. The monoisotopic (exact) mass is 373 g/mol. The van der Waals surface area contributed by atoms with Gasteiger partial charge in [0.1, 0.15) is 11.9 Å². The van der Waals surface area contributed by atoms with E-state index in [0.29, 0.717) is 35.6 Å². The van der Waals surface area contributed by atoms with Crippen LogP contribution in [0, 0.1) is 18.3 Å². The molecule has 0 spiro atoms. The molecule has 1 aromatic carbocycles. The van der Waals surface area contributed by atoms with Crippen molar-refractivity contribution < 1.29 is 4.79 Å². The molecule has 3 rings (SSSR count). The molecular weight excluding hydrogens is 358 g/mol. The van der Waals surface area contributed by atoms with Crippen LogP contribution in [-0.2, 0) is 11.3 Å². The van der Waals surface area contributed by atoms with E-state index in [1.54, 1.807) is 6.20 Å². The van der Waals surface area contributed by atoms with Crippen LogP contribution in [0.4, 0.5) is 5.69 Å². The van der Waals surface area contributed by atoms with E-state index < -0.39 is 5.91 Å². The van der Waals surface area contributed by atoms with Crippen molar-refractivity contribution in [2.75, 3.05) is 18.4 Å². The highest BCUT2D eigenvalue weighted by Gasteiger charge is 2.25. The summed E-state index contributed by atoms with van der Waals surface area (Å²) in [6.45, 7) is 3.90. The average Bonchev–Trinajstić information content (AvgIpc) is 3.20. The fraction of sp³-hybridized carbons (Fsp3) is 0.235. The van der Waals surface area contributed by atoms with Crippen molar-refractivity contribution in [3.63, 3.8) is 0 Å². The van der Waals surface area contributed by atoms with Gasteiger partial charge in [0.15, 0.2) is 10.0 Å². The highest BCUT2D eigenvalue weighted by atomic mass is 35.5. The fourth-order valence-corrected chi connectivity index (χ4v) is 3.52. The van der Waals surface area contributed by atoms with Gasteiger partial charge >= 0.3 is 0 Å². The third kappa shape index (κ3) is 4.10. The van der Waals surface area contributed by atoms with Crippen LogP contribution in [0.25, 0.3) is 0 Å². The number of halogens is 1. The van der Waals surface area contributed by atoms with Crippen LogP contribution < -0.4 is 10.6 Å². The molecule has 1 amide bonds. The van der Waals surface area contributed by atoms with E-state index in [4.69, 9.17) is 11.6 Å². The normalized spacial score (nSPS) is 15.5. The predicted molar refractivity (Wildman–Crippen MR) is 98.0 cm³/mol. The van der Waals surface area contributed by atoms with E-state index in [0.717, 1.165) is 10.4 Å². The number of amides is 1. The topological polar surface area (TPSA) is 81.0 Å². The third-order valence-corrected chi connectivity index (χ3v) is 4.85. The second-order valence-electron chi connectivity index (χ2n) is 5.58. The molecule has 25 heavy (non-hydrogen) atoms. The van der Waals surface area contributed by atoms with E-state index in [2.05, 4.69) is 15.6 Å². The highest BCUT2D eigenvalue weighted by molar-refractivity contribution is 7.15. The van der Waals surface area contributed by atoms with Gasteiger partial charge in [-0.2, -0.15) is 5.26 Å². The van der Waals surface area contributed by atoms with Crippen molar-refractivity contribution in [3.05, 3.63) is 56.8 Å². The molecule has 0 unspecified atom stereocenters. The maximum Gasteiger partial charge on any atom is 0.270 e. The van der Waals surface area contributed by atoms with Crippen LogP contribution in [0.2, 0.25) is 4.47 Å². The average molecular weight is 374 g/mol. The summed E-state index contributed by atoms with van der Waals surface area (Å²) < 4.78 is 0.477. The number of nitrogens with zero attached hydrogens (tertiary/aromatic N) is 3. The summed E-state index contributed by atoms with van der Waals surface area (Å²) in [7, 11) is 0. The summed E-state index contributed by atoms with van der Waals surface area (Å²) in [5.41, 5.74) is 1.82. The highest BCUT2D eigenvalue weighted by Crippen LogP contribution is 2.23. The molecule has 2 N–H and O–H groups in total. The Morgan fingerprint density at radius 3 is 2.88 bits per heavy atom. The summed E-state index contributed by atoms with van der Waals surface area (Å²) in [5.74, 6) is 0.111.